The zero-order valence-corrected chi connectivity index (χ0v) is 9.27. The summed E-state index contributed by atoms with van der Waals surface area (Å²) in [5.74, 6) is -0.433. The topological polar surface area (TPSA) is 95.2 Å². The smallest absolute Gasteiger partial charge is 0.307 e. The number of carbonyl (C=O) groups is 1. The van der Waals surface area contributed by atoms with E-state index in [4.69, 9.17) is 9.84 Å². The second-order valence-electron chi connectivity index (χ2n) is 4.07. The molecule has 6 heteroatoms. The maximum atomic E-state index is 11.7. The summed E-state index contributed by atoms with van der Waals surface area (Å²) in [6, 6.07) is 7.19. The summed E-state index contributed by atoms with van der Waals surface area (Å²) in [6.45, 7) is 0. The number of ether oxygens (including phenoxy) is 1. The van der Waals surface area contributed by atoms with Gasteiger partial charge >= 0.3 is 5.97 Å². The number of hydrogen-bond donors (Lipinski definition) is 3. The number of carboxylic acid groups (broad SMARTS) is 1. The number of aromatic amines is 2. The van der Waals surface area contributed by atoms with Crippen LogP contribution in [-0.2, 0) is 4.79 Å². The number of carboxylic acids is 1. The molecule has 1 aromatic carbocycles. The fourth-order valence-corrected chi connectivity index (χ4v) is 2.18. The SMILES string of the molecule is O=C(O)CC1Oc2ccccc2-c2[nH][nH]c(=O)c21. The largest absolute Gasteiger partial charge is 0.484 e. The van der Waals surface area contributed by atoms with Crippen LogP contribution in [0.4, 0.5) is 0 Å². The Balaban J connectivity index is 2.18. The van der Waals surface area contributed by atoms with Crippen molar-refractivity contribution in [3.8, 4) is 17.0 Å². The summed E-state index contributed by atoms with van der Waals surface area (Å²) in [7, 11) is 0. The number of nitrogens with one attached hydrogen (secondary N) is 2. The molecule has 0 spiro atoms. The first-order valence-corrected chi connectivity index (χ1v) is 5.45. The first-order valence-electron chi connectivity index (χ1n) is 5.45. The van der Waals surface area contributed by atoms with Gasteiger partial charge in [-0.2, -0.15) is 0 Å². The summed E-state index contributed by atoms with van der Waals surface area (Å²) in [6.07, 6.45) is -1.01. The van der Waals surface area contributed by atoms with E-state index in [-0.39, 0.29) is 12.0 Å². The fourth-order valence-electron chi connectivity index (χ4n) is 2.18. The molecular weight excluding hydrogens is 236 g/mol. The monoisotopic (exact) mass is 246 g/mol. The molecule has 3 rings (SSSR count). The molecule has 1 aliphatic rings. The Morgan fingerprint density at radius 3 is 2.89 bits per heavy atom. The zero-order valence-electron chi connectivity index (χ0n) is 9.27. The number of aliphatic carboxylic acids is 1. The van der Waals surface area contributed by atoms with Crippen LogP contribution in [0.2, 0.25) is 0 Å². The third-order valence-electron chi connectivity index (χ3n) is 2.92. The Morgan fingerprint density at radius 2 is 2.11 bits per heavy atom. The van der Waals surface area contributed by atoms with Crippen molar-refractivity contribution in [3.63, 3.8) is 0 Å². The molecule has 0 radical (unpaired) electrons. The van der Waals surface area contributed by atoms with Gasteiger partial charge in [0, 0.05) is 5.56 Å². The van der Waals surface area contributed by atoms with Crippen LogP contribution < -0.4 is 10.3 Å². The average Bonchev–Trinajstić information content (AvgIpc) is 2.72. The molecule has 18 heavy (non-hydrogen) atoms. The predicted molar refractivity (Wildman–Crippen MR) is 62.5 cm³/mol. The number of hydrogen-bond acceptors (Lipinski definition) is 3. The van der Waals surface area contributed by atoms with E-state index >= 15 is 0 Å². The minimum absolute atomic E-state index is 0.248. The highest BCUT2D eigenvalue weighted by Crippen LogP contribution is 2.40. The van der Waals surface area contributed by atoms with Gasteiger partial charge in [0.25, 0.3) is 5.56 Å². The minimum Gasteiger partial charge on any atom is -0.484 e. The van der Waals surface area contributed by atoms with Crippen molar-refractivity contribution in [2.45, 2.75) is 12.5 Å². The van der Waals surface area contributed by atoms with Gasteiger partial charge in [0.1, 0.15) is 11.9 Å². The molecule has 0 bridgehead atoms. The Kier molecular flexibility index (Phi) is 2.22. The van der Waals surface area contributed by atoms with Gasteiger partial charge in [-0.15, -0.1) is 0 Å². The van der Waals surface area contributed by atoms with Crippen LogP contribution in [0.25, 0.3) is 11.3 Å². The van der Waals surface area contributed by atoms with E-state index in [0.717, 1.165) is 5.56 Å². The van der Waals surface area contributed by atoms with Crippen LogP contribution in [-0.4, -0.2) is 21.3 Å². The molecule has 1 aromatic heterocycles. The zero-order chi connectivity index (χ0) is 12.7. The Hall–Kier alpha value is -2.50. The van der Waals surface area contributed by atoms with Crippen molar-refractivity contribution in [1.29, 1.82) is 0 Å². The van der Waals surface area contributed by atoms with Crippen LogP contribution in [0.5, 0.6) is 5.75 Å². The molecule has 0 saturated heterocycles. The third-order valence-corrected chi connectivity index (χ3v) is 2.92. The molecule has 1 unspecified atom stereocenters. The Morgan fingerprint density at radius 1 is 1.33 bits per heavy atom. The van der Waals surface area contributed by atoms with Crippen molar-refractivity contribution in [1.82, 2.24) is 10.2 Å². The van der Waals surface area contributed by atoms with E-state index in [1.54, 1.807) is 12.1 Å². The van der Waals surface area contributed by atoms with Gasteiger partial charge in [-0.05, 0) is 12.1 Å². The molecule has 1 atom stereocenters. The normalized spacial score (nSPS) is 16.6. The van der Waals surface area contributed by atoms with E-state index in [2.05, 4.69) is 10.2 Å². The average molecular weight is 246 g/mol. The molecule has 0 aliphatic carbocycles. The maximum Gasteiger partial charge on any atom is 0.307 e. The fraction of sp³-hybridized carbons (Fsp3) is 0.167. The highest BCUT2D eigenvalue weighted by molar-refractivity contribution is 5.74. The molecule has 0 fully saturated rings. The number of rotatable bonds is 2. The number of aromatic nitrogens is 2. The number of H-pyrrole nitrogens is 2. The van der Waals surface area contributed by atoms with Gasteiger partial charge in [0.15, 0.2) is 0 Å². The molecule has 2 heterocycles. The molecular formula is C12H10N2O4. The van der Waals surface area contributed by atoms with Crippen molar-refractivity contribution >= 4 is 5.97 Å². The van der Waals surface area contributed by atoms with Gasteiger partial charge in [0.2, 0.25) is 0 Å². The van der Waals surface area contributed by atoms with E-state index in [1.807, 2.05) is 12.1 Å². The van der Waals surface area contributed by atoms with E-state index in [1.165, 1.54) is 0 Å². The van der Waals surface area contributed by atoms with E-state index < -0.39 is 12.1 Å². The summed E-state index contributed by atoms with van der Waals surface area (Å²) >= 11 is 0. The number of benzene rings is 1. The summed E-state index contributed by atoms with van der Waals surface area (Å²) in [5, 5.41) is 14.1. The molecule has 0 saturated carbocycles. The Bertz CT molecular complexity index is 671. The van der Waals surface area contributed by atoms with Crippen LogP contribution in [0.1, 0.15) is 18.1 Å². The van der Waals surface area contributed by atoms with Crippen LogP contribution in [0.3, 0.4) is 0 Å². The first-order chi connectivity index (χ1) is 8.66. The quantitative estimate of drug-likeness (QED) is 0.743. The van der Waals surface area contributed by atoms with Crippen LogP contribution in [0.15, 0.2) is 29.1 Å². The molecule has 2 aromatic rings. The van der Waals surface area contributed by atoms with Gasteiger partial charge in [-0.25, -0.2) is 0 Å². The Labute approximate surface area is 101 Å². The number of fused-ring (bicyclic) bond motifs is 3. The van der Waals surface area contributed by atoms with Crippen molar-refractivity contribution < 1.29 is 14.6 Å². The van der Waals surface area contributed by atoms with Gasteiger partial charge in [-0.3, -0.25) is 19.8 Å². The van der Waals surface area contributed by atoms with Crippen LogP contribution in [0, 0.1) is 0 Å². The van der Waals surface area contributed by atoms with Crippen molar-refractivity contribution in [3.05, 3.63) is 40.2 Å². The number of para-hydroxylation sites is 1. The van der Waals surface area contributed by atoms with Crippen LogP contribution >= 0.6 is 0 Å². The van der Waals surface area contributed by atoms with E-state index in [9.17, 15) is 9.59 Å². The summed E-state index contributed by atoms with van der Waals surface area (Å²) < 4.78 is 5.59. The molecule has 6 nitrogen and oxygen atoms in total. The minimum atomic E-state index is -1.01. The summed E-state index contributed by atoms with van der Waals surface area (Å²) in [4.78, 5) is 22.5. The lowest BCUT2D eigenvalue weighted by molar-refractivity contribution is -0.138. The highest BCUT2D eigenvalue weighted by Gasteiger charge is 2.31. The molecule has 0 amide bonds. The highest BCUT2D eigenvalue weighted by atomic mass is 16.5. The molecule has 92 valence electrons. The van der Waals surface area contributed by atoms with Crippen molar-refractivity contribution in [2.75, 3.05) is 0 Å². The standard InChI is InChI=1S/C12H10N2O4/c15-9(16)5-8-10-11(13-14-12(10)17)6-3-1-2-4-7(6)18-8/h1-4,8H,5H2,(H,15,16)(H2,13,14,17). The van der Waals surface area contributed by atoms with E-state index in [0.29, 0.717) is 17.0 Å². The molecule has 1 aliphatic heterocycles. The lowest BCUT2D eigenvalue weighted by Crippen LogP contribution is -2.22. The van der Waals surface area contributed by atoms with Gasteiger partial charge in [0.05, 0.1) is 17.7 Å². The lowest BCUT2D eigenvalue weighted by Gasteiger charge is -2.24. The molecule has 3 N–H and O–H groups in total. The first kappa shape index (κ1) is 10.6. The summed E-state index contributed by atoms with van der Waals surface area (Å²) in [5.41, 5.74) is 1.36. The third kappa shape index (κ3) is 1.50. The lowest BCUT2D eigenvalue weighted by atomic mass is 9.98. The van der Waals surface area contributed by atoms with Gasteiger partial charge in [-0.1, -0.05) is 12.1 Å². The predicted octanol–water partition coefficient (Wildman–Crippen LogP) is 1.28. The second-order valence-corrected chi connectivity index (χ2v) is 4.07. The van der Waals surface area contributed by atoms with Crippen molar-refractivity contribution in [2.24, 2.45) is 0 Å². The van der Waals surface area contributed by atoms with Gasteiger partial charge < -0.3 is 9.84 Å². The maximum absolute atomic E-state index is 11.7. The second kappa shape index (κ2) is 3.76.